The van der Waals surface area contributed by atoms with Gasteiger partial charge in [-0.2, -0.15) is 0 Å². The van der Waals surface area contributed by atoms with Crippen molar-refractivity contribution in [3.8, 4) is 0 Å². The molecule has 0 spiro atoms. The van der Waals surface area contributed by atoms with Gasteiger partial charge >= 0.3 is 0 Å². The minimum absolute atomic E-state index is 0.00774. The Kier molecular flexibility index (Phi) is 4.73. The number of rotatable bonds is 5. The molecule has 0 aliphatic heterocycles. The molecule has 0 aromatic heterocycles. The van der Waals surface area contributed by atoms with Crippen molar-refractivity contribution >= 4 is 15.7 Å². The lowest BCUT2D eigenvalue weighted by atomic mass is 10.2. The fourth-order valence-corrected chi connectivity index (χ4v) is 1.20. The Bertz CT molecular complexity index is 320. The van der Waals surface area contributed by atoms with Gasteiger partial charge in [0.2, 0.25) is 5.91 Å². The van der Waals surface area contributed by atoms with Crippen LogP contribution in [0.15, 0.2) is 0 Å². The predicted octanol–water partition coefficient (Wildman–Crippen LogP) is -0.337. The zero-order chi connectivity index (χ0) is 12.3. The summed E-state index contributed by atoms with van der Waals surface area (Å²) in [5.74, 6) is -0.481. The van der Waals surface area contributed by atoms with Crippen LogP contribution < -0.4 is 11.1 Å². The molecule has 0 aliphatic rings. The van der Waals surface area contributed by atoms with E-state index in [0.29, 0.717) is 13.0 Å². The number of carbonyl (C=O) groups excluding carboxylic acids is 1. The summed E-state index contributed by atoms with van der Waals surface area (Å²) in [4.78, 5) is 11.6. The summed E-state index contributed by atoms with van der Waals surface area (Å²) in [5, 5.41) is 2.56. The molecule has 0 saturated heterocycles. The molecule has 0 heterocycles. The van der Waals surface area contributed by atoms with Gasteiger partial charge in [0, 0.05) is 18.8 Å². The summed E-state index contributed by atoms with van der Waals surface area (Å²) in [6, 6.07) is -0.00774. The van der Waals surface area contributed by atoms with E-state index in [2.05, 4.69) is 5.32 Å². The molecule has 0 saturated carbocycles. The second-order valence-corrected chi connectivity index (χ2v) is 6.87. The van der Waals surface area contributed by atoms with Crippen LogP contribution in [0.25, 0.3) is 0 Å². The van der Waals surface area contributed by atoms with Gasteiger partial charge in [-0.05, 0) is 27.2 Å². The monoisotopic (exact) mass is 236 g/mol. The molecule has 1 unspecified atom stereocenters. The summed E-state index contributed by atoms with van der Waals surface area (Å²) in [7, 11) is -3.40. The third-order valence-electron chi connectivity index (χ3n) is 2.36. The van der Waals surface area contributed by atoms with Gasteiger partial charge in [-0.1, -0.05) is 0 Å². The molecular weight excluding hydrogens is 216 g/mol. The zero-order valence-electron chi connectivity index (χ0n) is 9.70. The molecule has 0 fully saturated rings. The van der Waals surface area contributed by atoms with Crippen LogP contribution in [0.4, 0.5) is 0 Å². The maximum atomic E-state index is 11.6. The van der Waals surface area contributed by atoms with Gasteiger partial charge in [-0.3, -0.25) is 4.79 Å². The van der Waals surface area contributed by atoms with Crippen molar-refractivity contribution in [2.45, 2.75) is 38.0 Å². The molecule has 0 radical (unpaired) electrons. The molecule has 0 bridgehead atoms. The average molecular weight is 236 g/mol. The average Bonchev–Trinajstić information content (AvgIpc) is 2.01. The second kappa shape index (κ2) is 4.94. The van der Waals surface area contributed by atoms with E-state index >= 15 is 0 Å². The van der Waals surface area contributed by atoms with Crippen LogP contribution >= 0.6 is 0 Å². The lowest BCUT2D eigenvalue weighted by Crippen LogP contribution is -2.48. The van der Waals surface area contributed by atoms with E-state index in [4.69, 9.17) is 5.73 Å². The largest absolute Gasteiger partial charge is 0.355 e. The van der Waals surface area contributed by atoms with E-state index in [1.54, 1.807) is 0 Å². The van der Waals surface area contributed by atoms with Gasteiger partial charge in [0.15, 0.2) is 9.84 Å². The number of nitrogens with two attached hydrogens (primary N) is 1. The van der Waals surface area contributed by atoms with Crippen LogP contribution in [-0.4, -0.2) is 37.9 Å². The first-order valence-electron chi connectivity index (χ1n) is 4.82. The number of hydrogen-bond donors (Lipinski definition) is 2. The molecule has 1 atom stereocenters. The summed E-state index contributed by atoms with van der Waals surface area (Å²) >= 11 is 0. The summed E-state index contributed by atoms with van der Waals surface area (Å²) in [5.41, 5.74) is 5.50. The predicted molar refractivity (Wildman–Crippen MR) is 60.2 cm³/mol. The van der Waals surface area contributed by atoms with Gasteiger partial charge in [-0.25, -0.2) is 8.42 Å². The van der Waals surface area contributed by atoms with Crippen molar-refractivity contribution in [2.75, 3.05) is 12.8 Å². The first-order valence-corrected chi connectivity index (χ1v) is 6.71. The minimum atomic E-state index is -3.40. The Labute approximate surface area is 91.3 Å². The van der Waals surface area contributed by atoms with Crippen molar-refractivity contribution in [2.24, 2.45) is 5.73 Å². The Balaban J connectivity index is 4.35. The van der Waals surface area contributed by atoms with Gasteiger partial charge < -0.3 is 11.1 Å². The van der Waals surface area contributed by atoms with Crippen LogP contribution in [0.3, 0.4) is 0 Å². The van der Waals surface area contributed by atoms with E-state index < -0.39 is 20.5 Å². The smallest absolute Gasteiger partial charge is 0.240 e. The summed E-state index contributed by atoms with van der Waals surface area (Å²) < 4.78 is 21.2. The second-order valence-electron chi connectivity index (χ2n) is 4.30. The molecular formula is C9H20N2O3S. The van der Waals surface area contributed by atoms with Gasteiger partial charge in [0.1, 0.15) is 4.75 Å². The Hall–Kier alpha value is -0.620. The fraction of sp³-hybridized carbons (Fsp3) is 0.889. The molecule has 0 aromatic carbocycles. The van der Waals surface area contributed by atoms with Crippen LogP contribution in [0.1, 0.15) is 27.2 Å². The third-order valence-corrected chi connectivity index (χ3v) is 4.40. The van der Waals surface area contributed by atoms with Crippen LogP contribution in [0, 0.1) is 0 Å². The highest BCUT2D eigenvalue weighted by molar-refractivity contribution is 7.92. The maximum Gasteiger partial charge on any atom is 0.240 e. The first kappa shape index (κ1) is 14.4. The molecule has 0 rings (SSSR count). The van der Waals surface area contributed by atoms with Gasteiger partial charge in [-0.15, -0.1) is 0 Å². The van der Waals surface area contributed by atoms with Crippen molar-refractivity contribution in [3.05, 3.63) is 0 Å². The third kappa shape index (κ3) is 4.17. The molecule has 0 aliphatic carbocycles. The Morgan fingerprint density at radius 3 is 2.27 bits per heavy atom. The highest BCUT2D eigenvalue weighted by Crippen LogP contribution is 2.14. The van der Waals surface area contributed by atoms with Gasteiger partial charge in [0.05, 0.1) is 0 Å². The van der Waals surface area contributed by atoms with Gasteiger partial charge in [0.25, 0.3) is 0 Å². The molecule has 3 N–H and O–H groups in total. The topological polar surface area (TPSA) is 89.3 Å². The standard InChI is InChI=1S/C9H20N2O3S/c1-7(10)5-6-11-8(12)9(2,3)15(4,13)14/h7H,5-6,10H2,1-4H3,(H,11,12). The molecule has 15 heavy (non-hydrogen) atoms. The van der Waals surface area contributed by atoms with E-state index in [9.17, 15) is 13.2 Å². The lowest BCUT2D eigenvalue weighted by molar-refractivity contribution is -0.122. The fourth-order valence-electron chi connectivity index (χ4n) is 0.795. The van der Waals surface area contributed by atoms with E-state index in [0.717, 1.165) is 6.26 Å². The van der Waals surface area contributed by atoms with Crippen molar-refractivity contribution < 1.29 is 13.2 Å². The van der Waals surface area contributed by atoms with Crippen molar-refractivity contribution in [1.29, 1.82) is 0 Å². The minimum Gasteiger partial charge on any atom is -0.355 e. The Morgan fingerprint density at radius 2 is 1.93 bits per heavy atom. The van der Waals surface area contributed by atoms with E-state index in [-0.39, 0.29) is 6.04 Å². The Morgan fingerprint density at radius 1 is 1.47 bits per heavy atom. The quantitative estimate of drug-likeness (QED) is 0.683. The van der Waals surface area contributed by atoms with E-state index in [1.165, 1.54) is 13.8 Å². The molecule has 5 nitrogen and oxygen atoms in total. The van der Waals surface area contributed by atoms with Crippen molar-refractivity contribution in [3.63, 3.8) is 0 Å². The number of hydrogen-bond acceptors (Lipinski definition) is 4. The molecule has 0 aromatic rings. The SMILES string of the molecule is CC(N)CCNC(=O)C(C)(C)S(C)(=O)=O. The highest BCUT2D eigenvalue weighted by Gasteiger charge is 2.37. The number of nitrogens with one attached hydrogen (secondary N) is 1. The highest BCUT2D eigenvalue weighted by atomic mass is 32.2. The molecule has 1 amide bonds. The lowest BCUT2D eigenvalue weighted by Gasteiger charge is -2.21. The van der Waals surface area contributed by atoms with E-state index in [1.807, 2.05) is 6.92 Å². The maximum absolute atomic E-state index is 11.6. The summed E-state index contributed by atoms with van der Waals surface area (Å²) in [6.45, 7) is 5.01. The van der Waals surface area contributed by atoms with Crippen LogP contribution in [-0.2, 0) is 14.6 Å². The number of sulfone groups is 1. The summed E-state index contributed by atoms with van der Waals surface area (Å²) in [6.07, 6.45) is 1.68. The van der Waals surface area contributed by atoms with Crippen molar-refractivity contribution in [1.82, 2.24) is 5.32 Å². The first-order chi connectivity index (χ1) is 6.59. The number of carbonyl (C=O) groups is 1. The van der Waals surface area contributed by atoms with Crippen LogP contribution in [0.2, 0.25) is 0 Å². The molecule has 90 valence electrons. The normalized spacial score (nSPS) is 14.7. The number of amides is 1. The molecule has 6 heteroatoms. The van der Waals surface area contributed by atoms with Crippen LogP contribution in [0.5, 0.6) is 0 Å². The zero-order valence-corrected chi connectivity index (χ0v) is 10.5.